The molecule has 0 amide bonds. The number of rotatable bonds is 31. The molecule has 0 aliphatic heterocycles. The number of hydrogen-bond acceptors (Lipinski definition) is 3. The minimum atomic E-state index is -0.991. The van der Waals surface area contributed by atoms with Gasteiger partial charge in [0.1, 0.15) is 6.61 Å². The molecule has 0 saturated heterocycles. The van der Waals surface area contributed by atoms with Crippen molar-refractivity contribution in [3.8, 4) is 0 Å². The quantitative estimate of drug-likeness (QED) is 0.0531. The molecule has 0 aliphatic carbocycles. The van der Waals surface area contributed by atoms with Gasteiger partial charge in [-0.15, -0.1) is 0 Å². The highest BCUT2D eigenvalue weighted by molar-refractivity contribution is 5.80. The largest absolute Gasteiger partial charge is 0.481 e. The molecule has 39 heavy (non-hydrogen) atoms. The van der Waals surface area contributed by atoms with E-state index in [2.05, 4.69) is 13.5 Å². The first kappa shape index (κ1) is 37.4. The van der Waals surface area contributed by atoms with Crippen molar-refractivity contribution in [2.24, 2.45) is 5.92 Å². The van der Waals surface area contributed by atoms with Gasteiger partial charge in [0.15, 0.2) is 0 Å². The molecule has 0 fully saturated rings. The van der Waals surface area contributed by atoms with Gasteiger partial charge in [-0.25, -0.2) is 0 Å². The summed E-state index contributed by atoms with van der Waals surface area (Å²) in [5.74, 6) is -2.19. The lowest BCUT2D eigenvalue weighted by Crippen LogP contribution is -2.19. The smallest absolute Gasteiger partial charge is 0.313 e. The molecule has 0 aromatic rings. The zero-order valence-electron chi connectivity index (χ0n) is 25.8. The van der Waals surface area contributed by atoms with E-state index in [-0.39, 0.29) is 13.0 Å². The number of allylic oxidation sites excluding steroid dienone is 1. The third-order valence-electron chi connectivity index (χ3n) is 7.63. The fourth-order valence-electron chi connectivity index (χ4n) is 5.15. The highest BCUT2D eigenvalue weighted by atomic mass is 16.5. The van der Waals surface area contributed by atoms with Crippen LogP contribution in [-0.4, -0.2) is 23.7 Å². The minimum Gasteiger partial charge on any atom is -0.481 e. The Morgan fingerprint density at radius 1 is 0.641 bits per heavy atom. The Kier molecular flexibility index (Phi) is 29.7. The van der Waals surface area contributed by atoms with Crippen molar-refractivity contribution in [2.75, 3.05) is 6.61 Å². The molecule has 1 unspecified atom stereocenters. The van der Waals surface area contributed by atoms with Gasteiger partial charge >= 0.3 is 11.9 Å². The molecule has 228 valence electrons. The Bertz CT molecular complexity index is 583. The van der Waals surface area contributed by atoms with Crippen molar-refractivity contribution < 1.29 is 19.4 Å². The maximum Gasteiger partial charge on any atom is 0.313 e. The molecular weight excluding hydrogens is 484 g/mol. The van der Waals surface area contributed by atoms with Crippen molar-refractivity contribution >= 4 is 11.9 Å². The summed E-state index contributed by atoms with van der Waals surface area (Å²) in [6, 6.07) is 0. The lowest BCUT2D eigenvalue weighted by atomic mass is 10.0. The van der Waals surface area contributed by atoms with Crippen molar-refractivity contribution in [1.82, 2.24) is 0 Å². The summed E-state index contributed by atoms with van der Waals surface area (Å²) in [5.41, 5.74) is 0. The van der Waals surface area contributed by atoms with Gasteiger partial charge in [0.25, 0.3) is 0 Å². The molecule has 0 aliphatic rings. The number of carbonyl (C=O) groups excluding carboxylic acids is 1. The van der Waals surface area contributed by atoms with E-state index in [1.165, 1.54) is 154 Å². The van der Waals surface area contributed by atoms with Crippen LogP contribution >= 0.6 is 0 Å². The standard InChI is InChI=1S/C35H64O4/c1-3-5-6-7-8-9-10-11-12-13-14-15-16-17-18-19-20-21-22-23-24-25-26-27-28-29-30-33(32-34(36)37)35(38)39-31-4-2/h4,29-30,33H,2-3,5-28,31-32H2,1H3,(H,36,37)/b30-29+. The fraction of sp³-hybridized carbons (Fsp3) is 0.829. The van der Waals surface area contributed by atoms with Crippen LogP contribution in [0.3, 0.4) is 0 Å². The topological polar surface area (TPSA) is 63.6 Å². The molecule has 0 heterocycles. The molecule has 0 spiro atoms. The number of carboxylic acid groups (broad SMARTS) is 1. The molecule has 4 heteroatoms. The molecule has 0 radical (unpaired) electrons. The van der Waals surface area contributed by atoms with Crippen LogP contribution in [0.15, 0.2) is 24.8 Å². The Balaban J connectivity index is 3.36. The van der Waals surface area contributed by atoms with Gasteiger partial charge in [-0.05, 0) is 12.8 Å². The summed E-state index contributed by atoms with van der Waals surface area (Å²) in [7, 11) is 0. The predicted molar refractivity (Wildman–Crippen MR) is 167 cm³/mol. The van der Waals surface area contributed by atoms with Gasteiger partial charge in [-0.1, -0.05) is 179 Å². The molecule has 1 atom stereocenters. The van der Waals surface area contributed by atoms with E-state index in [0.29, 0.717) is 0 Å². The van der Waals surface area contributed by atoms with E-state index >= 15 is 0 Å². The van der Waals surface area contributed by atoms with Crippen LogP contribution in [0.2, 0.25) is 0 Å². The van der Waals surface area contributed by atoms with Gasteiger partial charge in [0.05, 0.1) is 12.3 Å². The van der Waals surface area contributed by atoms with Crippen molar-refractivity contribution in [1.29, 1.82) is 0 Å². The Morgan fingerprint density at radius 2 is 1.00 bits per heavy atom. The summed E-state index contributed by atoms with van der Waals surface area (Å²) >= 11 is 0. The second-order valence-corrected chi connectivity index (χ2v) is 11.5. The van der Waals surface area contributed by atoms with Crippen LogP contribution < -0.4 is 0 Å². The van der Waals surface area contributed by atoms with Gasteiger partial charge in [-0.2, -0.15) is 0 Å². The first-order chi connectivity index (χ1) is 19.1. The molecule has 0 aromatic heterocycles. The molecule has 4 nitrogen and oxygen atoms in total. The van der Waals surface area contributed by atoms with Gasteiger partial charge in [0, 0.05) is 0 Å². The number of carboxylic acids is 1. The Labute approximate surface area is 242 Å². The van der Waals surface area contributed by atoms with Crippen LogP contribution in [0.4, 0.5) is 0 Å². The Hall–Kier alpha value is -1.58. The summed E-state index contributed by atoms with van der Waals surface area (Å²) < 4.78 is 4.99. The third kappa shape index (κ3) is 29.2. The first-order valence-electron chi connectivity index (χ1n) is 16.8. The van der Waals surface area contributed by atoms with E-state index in [1.807, 2.05) is 6.08 Å². The van der Waals surface area contributed by atoms with Crippen molar-refractivity contribution in [2.45, 2.75) is 174 Å². The van der Waals surface area contributed by atoms with Crippen LogP contribution in [0, 0.1) is 5.92 Å². The molecule has 0 aromatic carbocycles. The second kappa shape index (κ2) is 31.0. The SMILES string of the molecule is C=CCOC(=O)C(/C=C/CCCCCCCCCCCCCCCCCCCCCCCCCC)CC(=O)O. The number of esters is 1. The summed E-state index contributed by atoms with van der Waals surface area (Å²) in [6.45, 7) is 5.91. The van der Waals surface area contributed by atoms with E-state index in [9.17, 15) is 9.59 Å². The molecule has 0 rings (SSSR count). The second-order valence-electron chi connectivity index (χ2n) is 11.5. The number of aliphatic carboxylic acids is 1. The molecule has 1 N–H and O–H groups in total. The van der Waals surface area contributed by atoms with Crippen LogP contribution in [0.25, 0.3) is 0 Å². The fourth-order valence-corrected chi connectivity index (χ4v) is 5.15. The number of unbranched alkanes of at least 4 members (excludes halogenated alkanes) is 24. The average Bonchev–Trinajstić information content (AvgIpc) is 2.92. The molecule has 0 bridgehead atoms. The van der Waals surface area contributed by atoms with Gasteiger partial charge in [0.2, 0.25) is 0 Å². The summed E-state index contributed by atoms with van der Waals surface area (Å²) in [4.78, 5) is 22.9. The lowest BCUT2D eigenvalue weighted by Gasteiger charge is -2.09. The van der Waals surface area contributed by atoms with E-state index < -0.39 is 17.9 Å². The molecule has 0 saturated carbocycles. The zero-order valence-corrected chi connectivity index (χ0v) is 25.8. The monoisotopic (exact) mass is 548 g/mol. The maximum absolute atomic E-state index is 11.9. The van der Waals surface area contributed by atoms with Crippen LogP contribution in [0.1, 0.15) is 174 Å². The van der Waals surface area contributed by atoms with Gasteiger partial charge in [-0.3, -0.25) is 9.59 Å². The summed E-state index contributed by atoms with van der Waals surface area (Å²) in [6.07, 6.45) is 39.1. The number of ether oxygens (including phenoxy) is 1. The van der Waals surface area contributed by atoms with Crippen LogP contribution in [-0.2, 0) is 14.3 Å². The van der Waals surface area contributed by atoms with E-state index in [0.717, 1.165) is 12.8 Å². The number of carbonyl (C=O) groups is 2. The zero-order chi connectivity index (χ0) is 28.7. The van der Waals surface area contributed by atoms with E-state index in [1.54, 1.807) is 6.08 Å². The Morgan fingerprint density at radius 3 is 1.33 bits per heavy atom. The average molecular weight is 549 g/mol. The lowest BCUT2D eigenvalue weighted by molar-refractivity contribution is -0.150. The van der Waals surface area contributed by atoms with E-state index in [4.69, 9.17) is 9.84 Å². The summed E-state index contributed by atoms with van der Waals surface area (Å²) in [5, 5.41) is 8.99. The molecular formula is C35H64O4. The van der Waals surface area contributed by atoms with Crippen molar-refractivity contribution in [3.05, 3.63) is 24.8 Å². The maximum atomic E-state index is 11.9. The van der Waals surface area contributed by atoms with Crippen molar-refractivity contribution in [3.63, 3.8) is 0 Å². The predicted octanol–water partition coefficient (Wildman–Crippen LogP) is 11.1. The van der Waals surface area contributed by atoms with Crippen LogP contribution in [0.5, 0.6) is 0 Å². The first-order valence-corrected chi connectivity index (χ1v) is 16.8. The normalized spacial score (nSPS) is 12.1. The third-order valence-corrected chi connectivity index (χ3v) is 7.63. The van der Waals surface area contributed by atoms with Gasteiger partial charge < -0.3 is 9.84 Å². The highest BCUT2D eigenvalue weighted by Gasteiger charge is 2.19. The highest BCUT2D eigenvalue weighted by Crippen LogP contribution is 2.16. The minimum absolute atomic E-state index is 0.113. The number of hydrogen-bond donors (Lipinski definition) is 1.